The minimum Gasteiger partial charge on any atom is -0.384 e. The van der Waals surface area contributed by atoms with Gasteiger partial charge in [0.15, 0.2) is 0 Å². The van der Waals surface area contributed by atoms with E-state index in [1.807, 2.05) is 17.1 Å². The van der Waals surface area contributed by atoms with Crippen LogP contribution in [-0.4, -0.2) is 19.6 Å². The summed E-state index contributed by atoms with van der Waals surface area (Å²) in [6.07, 6.45) is 5.56. The van der Waals surface area contributed by atoms with Crippen molar-refractivity contribution >= 4 is 5.82 Å². The third kappa shape index (κ3) is 2.01. The Labute approximate surface area is 88.5 Å². The third-order valence-corrected chi connectivity index (χ3v) is 2.27. The second-order valence-corrected chi connectivity index (χ2v) is 3.84. The van der Waals surface area contributed by atoms with Gasteiger partial charge in [0.2, 0.25) is 0 Å². The van der Waals surface area contributed by atoms with Crippen molar-refractivity contribution in [1.29, 1.82) is 0 Å². The van der Waals surface area contributed by atoms with E-state index < -0.39 is 0 Å². The molecule has 2 heterocycles. The van der Waals surface area contributed by atoms with Crippen molar-refractivity contribution in [3.8, 4) is 0 Å². The van der Waals surface area contributed by atoms with Crippen LogP contribution >= 0.6 is 0 Å². The van der Waals surface area contributed by atoms with E-state index in [-0.39, 0.29) is 0 Å². The zero-order chi connectivity index (χ0) is 10.8. The summed E-state index contributed by atoms with van der Waals surface area (Å²) in [6, 6.07) is 2.17. The third-order valence-electron chi connectivity index (χ3n) is 2.27. The van der Waals surface area contributed by atoms with Gasteiger partial charge in [0.1, 0.15) is 5.82 Å². The van der Waals surface area contributed by atoms with Gasteiger partial charge in [0, 0.05) is 17.8 Å². The number of nitrogens with two attached hydrogens (primary N) is 1. The number of nitrogen functional groups attached to an aromatic ring is 1. The van der Waals surface area contributed by atoms with Gasteiger partial charge in [-0.25, -0.2) is 4.68 Å². The highest BCUT2D eigenvalue weighted by Gasteiger charge is 2.04. The summed E-state index contributed by atoms with van der Waals surface area (Å²) in [5.74, 6) is 0.673. The minimum atomic E-state index is 0.383. The van der Waals surface area contributed by atoms with E-state index in [2.05, 4.69) is 24.0 Å². The molecule has 0 bridgehead atoms. The number of hydrogen-bond acceptors (Lipinski definition) is 3. The van der Waals surface area contributed by atoms with E-state index in [1.165, 1.54) is 0 Å². The topological polar surface area (TPSA) is 61.7 Å². The molecule has 2 aromatic rings. The van der Waals surface area contributed by atoms with Gasteiger partial charge in [-0.05, 0) is 19.9 Å². The first-order valence-corrected chi connectivity index (χ1v) is 4.97. The maximum Gasteiger partial charge on any atom is 0.122 e. The van der Waals surface area contributed by atoms with Crippen LogP contribution in [0.25, 0.3) is 0 Å². The molecule has 0 unspecified atom stereocenters. The van der Waals surface area contributed by atoms with Gasteiger partial charge in [-0.3, -0.25) is 4.68 Å². The Bertz CT molecular complexity index is 440. The SMILES string of the molecule is CC(C)n1cc(Cn2nccc2N)cn1. The van der Waals surface area contributed by atoms with Gasteiger partial charge in [-0.1, -0.05) is 0 Å². The lowest BCUT2D eigenvalue weighted by Gasteiger charge is -2.03. The van der Waals surface area contributed by atoms with Crippen LogP contribution in [0.1, 0.15) is 25.5 Å². The van der Waals surface area contributed by atoms with Crippen LogP contribution < -0.4 is 5.73 Å². The number of hydrogen-bond donors (Lipinski definition) is 1. The number of aromatic nitrogens is 4. The van der Waals surface area contributed by atoms with E-state index in [0.717, 1.165) is 5.56 Å². The lowest BCUT2D eigenvalue weighted by Crippen LogP contribution is -2.05. The second kappa shape index (κ2) is 3.76. The molecule has 5 nitrogen and oxygen atoms in total. The van der Waals surface area contributed by atoms with Gasteiger partial charge in [-0.2, -0.15) is 10.2 Å². The van der Waals surface area contributed by atoms with Crippen LogP contribution in [0.2, 0.25) is 0 Å². The maximum absolute atomic E-state index is 5.73. The molecule has 0 spiro atoms. The van der Waals surface area contributed by atoms with E-state index in [4.69, 9.17) is 5.73 Å². The highest BCUT2D eigenvalue weighted by atomic mass is 15.3. The van der Waals surface area contributed by atoms with Crippen molar-refractivity contribution in [3.05, 3.63) is 30.2 Å². The minimum absolute atomic E-state index is 0.383. The van der Waals surface area contributed by atoms with E-state index in [9.17, 15) is 0 Å². The molecule has 80 valence electrons. The van der Waals surface area contributed by atoms with Crippen molar-refractivity contribution in [1.82, 2.24) is 19.6 Å². The van der Waals surface area contributed by atoms with Crippen molar-refractivity contribution in [2.75, 3.05) is 5.73 Å². The fraction of sp³-hybridized carbons (Fsp3) is 0.400. The molecular weight excluding hydrogens is 190 g/mol. The first kappa shape index (κ1) is 9.76. The van der Waals surface area contributed by atoms with Gasteiger partial charge >= 0.3 is 0 Å². The van der Waals surface area contributed by atoms with Crippen molar-refractivity contribution in [2.24, 2.45) is 0 Å². The highest BCUT2D eigenvalue weighted by Crippen LogP contribution is 2.08. The zero-order valence-corrected chi connectivity index (χ0v) is 8.96. The highest BCUT2D eigenvalue weighted by molar-refractivity contribution is 5.27. The smallest absolute Gasteiger partial charge is 0.122 e. The summed E-state index contributed by atoms with van der Waals surface area (Å²) in [5.41, 5.74) is 6.84. The van der Waals surface area contributed by atoms with Crippen LogP contribution in [0, 0.1) is 0 Å². The molecule has 2 N–H and O–H groups in total. The van der Waals surface area contributed by atoms with Crippen LogP contribution in [0.4, 0.5) is 5.82 Å². The van der Waals surface area contributed by atoms with Crippen LogP contribution in [-0.2, 0) is 6.54 Å². The standard InChI is InChI=1S/C10H15N5/c1-8(2)14-6-9(5-13-14)7-15-10(11)3-4-12-15/h3-6,8H,7,11H2,1-2H3. The fourth-order valence-corrected chi connectivity index (χ4v) is 1.39. The van der Waals surface area contributed by atoms with Crippen LogP contribution in [0.3, 0.4) is 0 Å². The van der Waals surface area contributed by atoms with Crippen LogP contribution in [0.5, 0.6) is 0 Å². The molecule has 0 aliphatic heterocycles. The van der Waals surface area contributed by atoms with E-state index in [0.29, 0.717) is 18.4 Å². The Morgan fingerprint density at radius 2 is 2.20 bits per heavy atom. The van der Waals surface area contributed by atoms with Gasteiger partial charge in [0.25, 0.3) is 0 Å². The van der Waals surface area contributed by atoms with Crippen molar-refractivity contribution in [3.63, 3.8) is 0 Å². The molecular formula is C10H15N5. The van der Waals surface area contributed by atoms with Crippen molar-refractivity contribution in [2.45, 2.75) is 26.4 Å². The molecule has 0 aromatic carbocycles. The predicted molar refractivity (Wildman–Crippen MR) is 58.4 cm³/mol. The predicted octanol–water partition coefficient (Wildman–Crippen LogP) is 1.29. The molecule has 0 saturated heterocycles. The first-order valence-electron chi connectivity index (χ1n) is 4.97. The lowest BCUT2D eigenvalue weighted by molar-refractivity contribution is 0.531. The van der Waals surface area contributed by atoms with Gasteiger partial charge in [-0.15, -0.1) is 0 Å². The Kier molecular flexibility index (Phi) is 2.45. The normalized spacial score (nSPS) is 11.1. The van der Waals surface area contributed by atoms with Gasteiger partial charge in [0.05, 0.1) is 18.9 Å². The molecule has 5 heteroatoms. The molecule has 0 radical (unpaired) electrons. The summed E-state index contributed by atoms with van der Waals surface area (Å²) in [7, 11) is 0. The maximum atomic E-state index is 5.73. The lowest BCUT2D eigenvalue weighted by atomic mass is 10.3. The van der Waals surface area contributed by atoms with Crippen LogP contribution in [0.15, 0.2) is 24.7 Å². The molecule has 0 aliphatic rings. The Morgan fingerprint density at radius 3 is 2.73 bits per heavy atom. The molecule has 0 aliphatic carbocycles. The van der Waals surface area contributed by atoms with E-state index >= 15 is 0 Å². The molecule has 2 aromatic heterocycles. The summed E-state index contributed by atoms with van der Waals surface area (Å²) in [6.45, 7) is 4.86. The number of rotatable bonds is 3. The fourth-order valence-electron chi connectivity index (χ4n) is 1.39. The summed E-state index contributed by atoms with van der Waals surface area (Å²) < 4.78 is 3.68. The molecule has 0 fully saturated rings. The number of nitrogens with zero attached hydrogens (tertiary/aromatic N) is 4. The molecule has 0 amide bonds. The molecule has 2 rings (SSSR count). The zero-order valence-electron chi connectivity index (χ0n) is 8.96. The summed E-state index contributed by atoms with van der Waals surface area (Å²) in [5, 5.41) is 8.38. The summed E-state index contributed by atoms with van der Waals surface area (Å²) >= 11 is 0. The van der Waals surface area contributed by atoms with E-state index in [1.54, 1.807) is 16.9 Å². The average Bonchev–Trinajstić information content (AvgIpc) is 2.77. The largest absolute Gasteiger partial charge is 0.384 e. The second-order valence-electron chi connectivity index (χ2n) is 3.84. The Hall–Kier alpha value is -1.78. The first-order chi connectivity index (χ1) is 7.16. The Morgan fingerprint density at radius 1 is 1.40 bits per heavy atom. The average molecular weight is 205 g/mol. The molecule has 15 heavy (non-hydrogen) atoms. The van der Waals surface area contributed by atoms with Crippen molar-refractivity contribution < 1.29 is 0 Å². The quantitative estimate of drug-likeness (QED) is 0.821. The summed E-state index contributed by atoms with van der Waals surface area (Å²) in [4.78, 5) is 0. The molecule has 0 saturated carbocycles. The Balaban J connectivity index is 2.15. The number of anilines is 1. The molecule has 0 atom stereocenters. The monoisotopic (exact) mass is 205 g/mol. The van der Waals surface area contributed by atoms with Gasteiger partial charge < -0.3 is 5.73 Å².